The van der Waals surface area contributed by atoms with Crippen LogP contribution in [0, 0.1) is 6.92 Å². The molecule has 0 aliphatic heterocycles. The fraction of sp³-hybridized carbons (Fsp3) is 0.500. The van der Waals surface area contributed by atoms with Gasteiger partial charge >= 0.3 is 0 Å². The SMILES string of the molecule is CCCN(C(=O)c1cc(Br)cc(S(N)(=O)=O)c1C)C1CC1. The number of amides is 1. The van der Waals surface area contributed by atoms with Crippen LogP contribution >= 0.6 is 15.9 Å². The fourth-order valence-corrected chi connectivity index (χ4v) is 3.84. The number of primary sulfonamides is 1. The van der Waals surface area contributed by atoms with Crippen LogP contribution in [0.25, 0.3) is 0 Å². The van der Waals surface area contributed by atoms with E-state index in [1.54, 1.807) is 13.0 Å². The van der Waals surface area contributed by atoms with Crippen molar-refractivity contribution in [3.8, 4) is 0 Å². The molecule has 5 nitrogen and oxygen atoms in total. The number of hydrogen-bond acceptors (Lipinski definition) is 3. The van der Waals surface area contributed by atoms with Gasteiger partial charge in [0.15, 0.2) is 0 Å². The summed E-state index contributed by atoms with van der Waals surface area (Å²) in [7, 11) is -3.86. The number of carbonyl (C=O) groups is 1. The van der Waals surface area contributed by atoms with Gasteiger partial charge in [-0.05, 0) is 43.9 Å². The number of rotatable bonds is 5. The molecule has 0 heterocycles. The maximum atomic E-state index is 12.7. The Kier molecular flexibility index (Phi) is 4.75. The lowest BCUT2D eigenvalue weighted by Gasteiger charge is -2.23. The van der Waals surface area contributed by atoms with E-state index in [1.165, 1.54) is 6.07 Å². The normalized spacial score (nSPS) is 15.0. The van der Waals surface area contributed by atoms with Crippen molar-refractivity contribution >= 4 is 31.9 Å². The van der Waals surface area contributed by atoms with Gasteiger partial charge in [0.1, 0.15) is 0 Å². The molecule has 21 heavy (non-hydrogen) atoms. The number of nitrogens with zero attached hydrogens (tertiary/aromatic N) is 1. The van der Waals surface area contributed by atoms with E-state index in [1.807, 2.05) is 11.8 Å². The molecule has 0 unspecified atom stereocenters. The molecule has 2 N–H and O–H groups in total. The molecule has 0 saturated heterocycles. The summed E-state index contributed by atoms with van der Waals surface area (Å²) < 4.78 is 23.8. The second-order valence-corrected chi connectivity index (χ2v) is 7.80. The van der Waals surface area contributed by atoms with Crippen LogP contribution in [0.4, 0.5) is 0 Å². The minimum atomic E-state index is -3.86. The highest BCUT2D eigenvalue weighted by atomic mass is 79.9. The summed E-state index contributed by atoms with van der Waals surface area (Å²) in [6.07, 6.45) is 2.90. The van der Waals surface area contributed by atoms with E-state index < -0.39 is 10.0 Å². The number of sulfonamides is 1. The Labute approximate surface area is 133 Å². The molecule has 1 fully saturated rings. The van der Waals surface area contributed by atoms with Gasteiger partial charge in [0.25, 0.3) is 5.91 Å². The molecular formula is C14H19BrN2O3S. The lowest BCUT2D eigenvalue weighted by atomic mass is 10.1. The molecule has 0 aromatic heterocycles. The second-order valence-electron chi connectivity index (χ2n) is 5.35. The smallest absolute Gasteiger partial charge is 0.254 e. The summed E-state index contributed by atoms with van der Waals surface area (Å²) in [5.41, 5.74) is 0.807. The number of benzene rings is 1. The number of halogens is 1. The van der Waals surface area contributed by atoms with Gasteiger partial charge in [0, 0.05) is 22.6 Å². The zero-order valence-electron chi connectivity index (χ0n) is 12.1. The highest BCUT2D eigenvalue weighted by molar-refractivity contribution is 9.10. The Hall–Kier alpha value is -0.920. The van der Waals surface area contributed by atoms with Gasteiger partial charge in [0.05, 0.1) is 4.90 Å². The minimum absolute atomic E-state index is 0.00697. The molecule has 0 radical (unpaired) electrons. The van der Waals surface area contributed by atoms with Crippen molar-refractivity contribution in [2.75, 3.05) is 6.54 Å². The van der Waals surface area contributed by atoms with E-state index in [4.69, 9.17) is 5.14 Å². The highest BCUT2D eigenvalue weighted by Gasteiger charge is 2.33. The van der Waals surface area contributed by atoms with E-state index in [-0.39, 0.29) is 16.8 Å². The summed E-state index contributed by atoms with van der Waals surface area (Å²) in [5.74, 6) is -0.122. The molecule has 0 spiro atoms. The third-order valence-electron chi connectivity index (χ3n) is 3.57. The molecule has 0 atom stereocenters. The number of nitrogens with two attached hydrogens (primary N) is 1. The summed E-state index contributed by atoms with van der Waals surface area (Å²) in [5, 5.41) is 5.23. The van der Waals surface area contributed by atoms with Crippen molar-refractivity contribution in [2.24, 2.45) is 5.14 Å². The second kappa shape index (κ2) is 6.06. The number of carbonyl (C=O) groups excluding carboxylic acids is 1. The predicted molar refractivity (Wildman–Crippen MR) is 84.6 cm³/mol. The Morgan fingerprint density at radius 3 is 2.52 bits per heavy atom. The highest BCUT2D eigenvalue weighted by Crippen LogP contribution is 2.31. The van der Waals surface area contributed by atoms with Crippen molar-refractivity contribution in [1.82, 2.24) is 4.90 Å². The van der Waals surface area contributed by atoms with Crippen LogP contribution in [0.2, 0.25) is 0 Å². The first-order chi connectivity index (χ1) is 9.75. The van der Waals surface area contributed by atoms with Crippen LogP contribution in [-0.2, 0) is 10.0 Å². The van der Waals surface area contributed by atoms with Crippen LogP contribution in [-0.4, -0.2) is 31.8 Å². The first kappa shape index (κ1) is 16.5. The average molecular weight is 375 g/mol. The van der Waals surface area contributed by atoms with E-state index >= 15 is 0 Å². The Morgan fingerprint density at radius 2 is 2.05 bits per heavy atom. The van der Waals surface area contributed by atoms with E-state index in [0.717, 1.165) is 19.3 Å². The third-order valence-corrected chi connectivity index (χ3v) is 5.07. The van der Waals surface area contributed by atoms with Crippen LogP contribution in [0.3, 0.4) is 0 Å². The fourth-order valence-electron chi connectivity index (χ4n) is 2.40. The minimum Gasteiger partial charge on any atom is -0.336 e. The van der Waals surface area contributed by atoms with Crippen molar-refractivity contribution < 1.29 is 13.2 Å². The summed E-state index contributed by atoms with van der Waals surface area (Å²) in [6.45, 7) is 4.32. The van der Waals surface area contributed by atoms with Crippen molar-refractivity contribution in [1.29, 1.82) is 0 Å². The molecular weight excluding hydrogens is 356 g/mol. The van der Waals surface area contributed by atoms with E-state index in [0.29, 0.717) is 22.1 Å². The molecule has 7 heteroatoms. The van der Waals surface area contributed by atoms with Gasteiger partial charge in [-0.25, -0.2) is 13.6 Å². The summed E-state index contributed by atoms with van der Waals surface area (Å²) in [4.78, 5) is 14.6. The molecule has 1 aromatic rings. The van der Waals surface area contributed by atoms with E-state index in [9.17, 15) is 13.2 Å². The lowest BCUT2D eigenvalue weighted by molar-refractivity contribution is 0.0742. The van der Waals surface area contributed by atoms with Gasteiger partial charge in [-0.3, -0.25) is 4.79 Å². The summed E-state index contributed by atoms with van der Waals surface area (Å²) >= 11 is 3.26. The maximum absolute atomic E-state index is 12.7. The Balaban J connectivity index is 2.48. The van der Waals surface area contributed by atoms with Gasteiger partial charge in [-0.15, -0.1) is 0 Å². The quantitative estimate of drug-likeness (QED) is 0.858. The monoisotopic (exact) mass is 374 g/mol. The van der Waals surface area contributed by atoms with Gasteiger partial charge in [0.2, 0.25) is 10.0 Å². The topological polar surface area (TPSA) is 80.5 Å². The molecule has 116 valence electrons. The molecule has 1 aromatic carbocycles. The average Bonchev–Trinajstić information content (AvgIpc) is 3.20. The van der Waals surface area contributed by atoms with Crippen LogP contribution in [0.5, 0.6) is 0 Å². The third kappa shape index (κ3) is 3.64. The number of hydrogen-bond donors (Lipinski definition) is 1. The summed E-state index contributed by atoms with van der Waals surface area (Å²) in [6, 6.07) is 3.38. The predicted octanol–water partition coefficient (Wildman–Crippen LogP) is 2.42. The molecule has 1 saturated carbocycles. The largest absolute Gasteiger partial charge is 0.336 e. The van der Waals surface area contributed by atoms with Crippen molar-refractivity contribution in [3.63, 3.8) is 0 Å². The Bertz CT molecular complexity index is 669. The first-order valence-electron chi connectivity index (χ1n) is 6.89. The van der Waals surface area contributed by atoms with E-state index in [2.05, 4.69) is 15.9 Å². The van der Waals surface area contributed by atoms with Gasteiger partial charge in [-0.2, -0.15) is 0 Å². The Morgan fingerprint density at radius 1 is 1.43 bits per heavy atom. The lowest BCUT2D eigenvalue weighted by Crippen LogP contribution is -2.34. The molecule has 1 amide bonds. The van der Waals surface area contributed by atoms with Crippen LogP contribution in [0.15, 0.2) is 21.5 Å². The first-order valence-corrected chi connectivity index (χ1v) is 9.23. The maximum Gasteiger partial charge on any atom is 0.254 e. The molecule has 0 bridgehead atoms. The molecule has 2 rings (SSSR count). The molecule has 1 aliphatic rings. The van der Waals surface area contributed by atoms with Crippen LogP contribution < -0.4 is 5.14 Å². The molecule has 1 aliphatic carbocycles. The van der Waals surface area contributed by atoms with Gasteiger partial charge in [-0.1, -0.05) is 22.9 Å². The zero-order valence-corrected chi connectivity index (χ0v) is 14.5. The van der Waals surface area contributed by atoms with Crippen LogP contribution in [0.1, 0.15) is 42.1 Å². The zero-order chi connectivity index (χ0) is 15.8. The van der Waals surface area contributed by atoms with Crippen molar-refractivity contribution in [3.05, 3.63) is 27.7 Å². The standard InChI is InChI=1S/C14H19BrN2O3S/c1-3-6-17(11-4-5-11)14(18)12-7-10(15)8-13(9(12)2)21(16,19)20/h7-8,11H,3-6H2,1-2H3,(H2,16,19,20). The van der Waals surface area contributed by atoms with Crippen molar-refractivity contribution in [2.45, 2.75) is 44.0 Å². The van der Waals surface area contributed by atoms with Gasteiger partial charge < -0.3 is 4.90 Å².